The summed E-state index contributed by atoms with van der Waals surface area (Å²) in [5, 5.41) is 9.71. The van der Waals surface area contributed by atoms with Gasteiger partial charge in [0.2, 0.25) is 0 Å². The molecule has 6 heteroatoms. The zero-order chi connectivity index (χ0) is 14.8. The molecule has 0 radical (unpaired) electrons. The van der Waals surface area contributed by atoms with E-state index < -0.39 is 9.84 Å². The Morgan fingerprint density at radius 2 is 1.70 bits per heavy atom. The van der Waals surface area contributed by atoms with Crippen LogP contribution in [0.25, 0.3) is 0 Å². The van der Waals surface area contributed by atoms with Crippen molar-refractivity contribution in [3.05, 3.63) is 63.6 Å². The number of hydrogen-bond acceptors (Lipinski definition) is 3. The molecule has 0 unspecified atom stereocenters. The quantitative estimate of drug-likeness (QED) is 0.861. The zero-order valence-electron chi connectivity index (χ0n) is 10.2. The van der Waals surface area contributed by atoms with Gasteiger partial charge in [-0.3, -0.25) is 0 Å². The van der Waals surface area contributed by atoms with E-state index in [0.717, 1.165) is 0 Å². The van der Waals surface area contributed by atoms with Gasteiger partial charge >= 0.3 is 0 Å². The van der Waals surface area contributed by atoms with Crippen LogP contribution in [0.2, 0.25) is 10.0 Å². The summed E-state index contributed by atoms with van der Waals surface area (Å²) in [5.41, 5.74) is 0.571. The zero-order valence-corrected chi connectivity index (χ0v) is 12.5. The molecule has 0 fully saturated rings. The van der Waals surface area contributed by atoms with Crippen molar-refractivity contribution in [1.82, 2.24) is 0 Å². The molecule has 0 N–H and O–H groups in total. The third kappa shape index (κ3) is 3.13. The van der Waals surface area contributed by atoms with Crippen molar-refractivity contribution < 1.29 is 8.42 Å². The second-order valence-electron chi connectivity index (χ2n) is 4.11. The molecule has 0 saturated carbocycles. The third-order valence-corrected chi connectivity index (χ3v) is 4.98. The fourth-order valence-corrected chi connectivity index (χ4v) is 3.69. The standard InChI is InChI=1S/C14H9Cl2NO2S/c15-11-6-4-10(5-7-11)9-20(18,19)14-3-1-2-13(16)12(14)8-17/h1-7H,9H2. The smallest absolute Gasteiger partial charge is 0.183 e. The monoisotopic (exact) mass is 325 g/mol. The summed E-state index contributed by atoms with van der Waals surface area (Å²) in [4.78, 5) is -0.0533. The second-order valence-corrected chi connectivity index (χ2v) is 6.91. The van der Waals surface area contributed by atoms with Crippen molar-refractivity contribution in [3.8, 4) is 6.07 Å². The Labute approximate surface area is 127 Å². The lowest BCUT2D eigenvalue weighted by Crippen LogP contribution is -2.07. The van der Waals surface area contributed by atoms with Gasteiger partial charge < -0.3 is 0 Å². The van der Waals surface area contributed by atoms with Crippen LogP contribution in [0.3, 0.4) is 0 Å². The lowest BCUT2D eigenvalue weighted by atomic mass is 10.2. The summed E-state index contributed by atoms with van der Waals surface area (Å²) in [7, 11) is -3.64. The van der Waals surface area contributed by atoms with E-state index in [1.54, 1.807) is 24.3 Å². The summed E-state index contributed by atoms with van der Waals surface area (Å²) in [6, 6.07) is 12.7. The molecule has 0 bridgehead atoms. The molecule has 2 aromatic carbocycles. The molecule has 2 rings (SSSR count). The minimum atomic E-state index is -3.64. The SMILES string of the molecule is N#Cc1c(Cl)cccc1S(=O)(=O)Cc1ccc(Cl)cc1. The van der Waals surface area contributed by atoms with Crippen LogP contribution < -0.4 is 0 Å². The fraction of sp³-hybridized carbons (Fsp3) is 0.0714. The van der Waals surface area contributed by atoms with Crippen LogP contribution in [0.4, 0.5) is 0 Å². The number of hydrogen-bond donors (Lipinski definition) is 0. The minimum Gasteiger partial charge on any atom is -0.223 e. The highest BCUT2D eigenvalue weighted by Gasteiger charge is 2.21. The Morgan fingerprint density at radius 1 is 1.05 bits per heavy atom. The predicted octanol–water partition coefficient (Wildman–Crippen LogP) is 3.84. The molecule has 0 aromatic heterocycles. The maximum absolute atomic E-state index is 12.4. The average molecular weight is 326 g/mol. The first-order valence-corrected chi connectivity index (χ1v) is 8.00. The highest BCUT2D eigenvalue weighted by atomic mass is 35.5. The Bertz CT molecular complexity index is 778. The molecule has 0 aliphatic heterocycles. The molecule has 0 aliphatic rings. The summed E-state index contributed by atoms with van der Waals surface area (Å²) in [6.07, 6.45) is 0. The first kappa shape index (κ1) is 14.9. The van der Waals surface area contributed by atoms with E-state index in [0.29, 0.717) is 10.6 Å². The van der Waals surface area contributed by atoms with Crippen LogP contribution >= 0.6 is 23.2 Å². The number of nitrogens with zero attached hydrogens (tertiary/aromatic N) is 1. The van der Waals surface area contributed by atoms with Gasteiger partial charge in [-0.05, 0) is 29.8 Å². The van der Waals surface area contributed by atoms with Crippen LogP contribution in [0.5, 0.6) is 0 Å². The number of rotatable bonds is 3. The summed E-state index contributed by atoms with van der Waals surface area (Å²) >= 11 is 11.6. The van der Waals surface area contributed by atoms with Crippen LogP contribution in [0.1, 0.15) is 11.1 Å². The van der Waals surface area contributed by atoms with Crippen molar-refractivity contribution in [2.75, 3.05) is 0 Å². The van der Waals surface area contributed by atoms with E-state index in [9.17, 15) is 8.42 Å². The lowest BCUT2D eigenvalue weighted by Gasteiger charge is -2.07. The number of sulfone groups is 1. The number of benzene rings is 2. The Kier molecular flexibility index (Phi) is 4.34. The molecule has 2 aromatic rings. The van der Waals surface area contributed by atoms with Gasteiger partial charge in [-0.1, -0.05) is 41.4 Å². The molecule has 0 spiro atoms. The Hall–Kier alpha value is -1.54. The summed E-state index contributed by atoms with van der Waals surface area (Å²) in [6.45, 7) is 0. The maximum atomic E-state index is 12.4. The number of nitriles is 1. The van der Waals surface area contributed by atoms with Crippen LogP contribution in [-0.4, -0.2) is 8.42 Å². The van der Waals surface area contributed by atoms with Crippen molar-refractivity contribution >= 4 is 33.0 Å². The van der Waals surface area contributed by atoms with Gasteiger partial charge in [-0.15, -0.1) is 0 Å². The predicted molar refractivity (Wildman–Crippen MR) is 78.5 cm³/mol. The van der Waals surface area contributed by atoms with Gasteiger partial charge in [-0.2, -0.15) is 5.26 Å². The van der Waals surface area contributed by atoms with Gasteiger partial charge in [0.15, 0.2) is 9.84 Å². The minimum absolute atomic E-state index is 0.0249. The molecule has 0 aliphatic carbocycles. The Balaban J connectivity index is 2.44. The van der Waals surface area contributed by atoms with E-state index in [2.05, 4.69) is 0 Å². The normalized spacial score (nSPS) is 11.1. The van der Waals surface area contributed by atoms with Crippen LogP contribution in [0.15, 0.2) is 47.4 Å². The average Bonchev–Trinajstić information content (AvgIpc) is 2.41. The van der Waals surface area contributed by atoms with Gasteiger partial charge in [-0.25, -0.2) is 8.42 Å². The highest BCUT2D eigenvalue weighted by Crippen LogP contribution is 2.26. The molecular formula is C14H9Cl2NO2S. The van der Waals surface area contributed by atoms with Crippen LogP contribution in [0, 0.1) is 11.3 Å². The van der Waals surface area contributed by atoms with Gasteiger partial charge in [0.25, 0.3) is 0 Å². The van der Waals surface area contributed by atoms with E-state index in [4.69, 9.17) is 28.5 Å². The molecule has 102 valence electrons. The molecular weight excluding hydrogens is 317 g/mol. The molecule has 0 atom stereocenters. The molecule has 3 nitrogen and oxygen atoms in total. The van der Waals surface area contributed by atoms with Crippen LogP contribution in [-0.2, 0) is 15.6 Å². The van der Waals surface area contributed by atoms with Gasteiger partial charge in [0.1, 0.15) is 6.07 Å². The summed E-state index contributed by atoms with van der Waals surface area (Å²) in [5.74, 6) is -0.209. The second kappa shape index (κ2) is 5.84. The van der Waals surface area contributed by atoms with Crippen molar-refractivity contribution in [2.24, 2.45) is 0 Å². The summed E-state index contributed by atoms with van der Waals surface area (Å²) < 4.78 is 24.8. The first-order valence-electron chi connectivity index (χ1n) is 5.60. The van der Waals surface area contributed by atoms with Crippen molar-refractivity contribution in [1.29, 1.82) is 5.26 Å². The molecule has 0 amide bonds. The fourth-order valence-electron chi connectivity index (χ4n) is 1.75. The van der Waals surface area contributed by atoms with Crippen molar-refractivity contribution in [3.63, 3.8) is 0 Å². The molecule has 0 heterocycles. The van der Waals surface area contributed by atoms with Gasteiger partial charge in [0.05, 0.1) is 21.2 Å². The lowest BCUT2D eigenvalue weighted by molar-refractivity contribution is 0.595. The largest absolute Gasteiger partial charge is 0.223 e. The first-order chi connectivity index (χ1) is 9.44. The number of halogens is 2. The molecule has 20 heavy (non-hydrogen) atoms. The van der Waals surface area contributed by atoms with Crippen molar-refractivity contribution in [2.45, 2.75) is 10.6 Å². The van der Waals surface area contributed by atoms with E-state index in [1.807, 2.05) is 6.07 Å². The topological polar surface area (TPSA) is 57.9 Å². The molecule has 0 saturated heterocycles. The third-order valence-electron chi connectivity index (χ3n) is 2.69. The van der Waals surface area contributed by atoms with E-state index >= 15 is 0 Å². The van der Waals surface area contributed by atoms with Gasteiger partial charge in [0, 0.05) is 5.02 Å². The highest BCUT2D eigenvalue weighted by molar-refractivity contribution is 7.90. The Morgan fingerprint density at radius 3 is 2.30 bits per heavy atom. The maximum Gasteiger partial charge on any atom is 0.183 e. The van der Waals surface area contributed by atoms with E-state index in [1.165, 1.54) is 18.2 Å². The van der Waals surface area contributed by atoms with E-state index in [-0.39, 0.29) is 21.2 Å².